The summed E-state index contributed by atoms with van der Waals surface area (Å²) < 4.78 is 0. The number of fused-ring (bicyclic) bond motifs is 1. The van der Waals surface area contributed by atoms with Gasteiger partial charge in [0, 0.05) is 66.8 Å². The summed E-state index contributed by atoms with van der Waals surface area (Å²) in [5, 5.41) is 66.8. The first-order valence-electron chi connectivity index (χ1n) is 38.0. The number of thiol groups is 3. The third-order valence-corrected chi connectivity index (χ3v) is 19.1. The fraction of sp³-hybridized carbons (Fsp3) is 0.586. The predicted molar refractivity (Wildman–Crippen MR) is 443 cm³/mol. The molecule has 0 spiro atoms. The highest BCUT2D eigenvalue weighted by Crippen LogP contribution is 2.23. The second-order valence-corrected chi connectivity index (χ2v) is 29.4. The Labute approximate surface area is 710 Å². The van der Waals surface area contributed by atoms with Crippen molar-refractivity contribution in [1.29, 1.82) is 0 Å². The number of H-pyrrole nitrogens is 1. The number of hydrogen-bond donors (Lipinski definition) is 29. The summed E-state index contributed by atoms with van der Waals surface area (Å²) in [4.78, 5) is 266. The molecule has 1 aromatic carbocycles. The SMILES string of the molecule is CC(C)[C@H](NC(=O)[C@H](CCCN=C(N)N)NC(=O)[C@H](CS)NC(=O)[C@H](CCCN=C(N)N)NC(=O)CNC(=O)[C@H](CCC(=O)O)NC(=O)CNC(=O)[C@@H](NC(=O)CNC(=O)[C@H](CS)NC(=O)[C@@H](C)N)[C@H](C)O)C(=O)N[C@@H](CC(N)=O)C(=O)N[C@@H](Cc1c[nH]c2ccccc12)C(=O)N[C@H](C(=O)N1CCC[C@H]1C(=O)N[C@@H](CS)C(=O)NCC(N)=O)[C@@H](C)O. The number of nitrogens with zero attached hydrogens (tertiary/aromatic N) is 3. The number of nitrogens with two attached hydrogens (primary N) is 7. The summed E-state index contributed by atoms with van der Waals surface area (Å²) in [6.07, 6.45) is -4.62. The van der Waals surface area contributed by atoms with Crippen LogP contribution >= 0.6 is 37.9 Å². The van der Waals surface area contributed by atoms with E-state index in [1.165, 1.54) is 33.9 Å². The summed E-state index contributed by atoms with van der Waals surface area (Å²) in [7, 11) is 0. The molecule has 1 saturated heterocycles. The Morgan fingerprint density at radius 2 is 0.909 bits per heavy atom. The molecule has 3 rings (SSSR count). The summed E-state index contributed by atoms with van der Waals surface area (Å²) >= 11 is 12.4. The van der Waals surface area contributed by atoms with Crippen LogP contribution in [0.1, 0.15) is 98.0 Å². The second-order valence-electron chi connectivity index (χ2n) is 28.3. The first kappa shape index (κ1) is 103. The molecule has 0 unspecified atom stereocenters. The van der Waals surface area contributed by atoms with Gasteiger partial charge in [-0.15, -0.1) is 0 Å². The second kappa shape index (κ2) is 52.3. The number of aromatic nitrogens is 1. The number of carbonyl (C=O) groups is 19. The number of aliphatic hydroxyl groups excluding tert-OH is 2. The molecule has 1 aliphatic heterocycles. The van der Waals surface area contributed by atoms with Gasteiger partial charge in [0.25, 0.3) is 0 Å². The maximum atomic E-state index is 14.7. The molecule has 0 bridgehead atoms. The Bertz CT molecular complexity index is 4070. The number of carboxylic acid groups (broad SMARTS) is 1. The van der Waals surface area contributed by atoms with E-state index in [1.54, 1.807) is 24.3 Å². The Balaban J connectivity index is 1.87. The van der Waals surface area contributed by atoms with E-state index < -0.39 is 260 Å². The van der Waals surface area contributed by atoms with Gasteiger partial charge in [-0.3, -0.25) is 101 Å². The molecule has 15 atom stereocenters. The van der Waals surface area contributed by atoms with Crippen molar-refractivity contribution in [2.24, 2.45) is 56.0 Å². The average molecular weight is 1770 g/mol. The van der Waals surface area contributed by atoms with Crippen LogP contribution in [0.5, 0.6) is 0 Å². The minimum atomic E-state index is -1.92. The number of likely N-dealkylation sites (tertiary alicyclic amines) is 1. The highest BCUT2D eigenvalue weighted by Gasteiger charge is 2.43. The van der Waals surface area contributed by atoms with Gasteiger partial charge in [0.1, 0.15) is 72.5 Å². The number of aliphatic hydroxyl groups is 2. The molecule has 2 heterocycles. The molecule has 51 heteroatoms. The molecule has 33 N–H and O–H groups in total. The van der Waals surface area contributed by atoms with Gasteiger partial charge in [-0.2, -0.15) is 37.9 Å². The topological polar surface area (TPSA) is 791 Å². The number of carboxylic acids is 1. The van der Waals surface area contributed by atoms with Crippen molar-refractivity contribution in [1.82, 2.24) is 89.6 Å². The fourth-order valence-electron chi connectivity index (χ4n) is 11.6. The fourth-order valence-corrected chi connectivity index (χ4v) is 12.4. The molecule has 672 valence electrons. The first-order valence-corrected chi connectivity index (χ1v) is 39.9. The first-order chi connectivity index (χ1) is 56.9. The minimum Gasteiger partial charge on any atom is -0.481 e. The van der Waals surface area contributed by atoms with Crippen LogP contribution in [-0.2, 0) is 97.5 Å². The van der Waals surface area contributed by atoms with E-state index in [2.05, 4.69) is 133 Å². The molecule has 48 nitrogen and oxygen atoms in total. The van der Waals surface area contributed by atoms with Gasteiger partial charge in [0.2, 0.25) is 106 Å². The van der Waals surface area contributed by atoms with Gasteiger partial charge in [-0.05, 0) is 83.3 Å². The molecular formula is C70H112N26O22S3. The summed E-state index contributed by atoms with van der Waals surface area (Å²) in [5.74, 6) is -22.2. The largest absolute Gasteiger partial charge is 0.481 e. The van der Waals surface area contributed by atoms with Crippen molar-refractivity contribution < 1.29 is 106 Å². The zero-order chi connectivity index (χ0) is 91.1. The number of rotatable bonds is 53. The zero-order valence-electron chi connectivity index (χ0n) is 67.1. The van der Waals surface area contributed by atoms with Crippen LogP contribution in [-0.4, -0.2) is 303 Å². The maximum Gasteiger partial charge on any atom is 0.303 e. The normalized spacial score (nSPS) is 15.7. The number of carbonyl (C=O) groups excluding carboxylic acids is 18. The maximum absolute atomic E-state index is 14.7. The van der Waals surface area contributed by atoms with Crippen LogP contribution < -0.4 is 120 Å². The van der Waals surface area contributed by atoms with Crippen LogP contribution in [0.3, 0.4) is 0 Å². The van der Waals surface area contributed by atoms with Gasteiger partial charge >= 0.3 is 5.97 Å². The van der Waals surface area contributed by atoms with E-state index in [9.17, 15) is 106 Å². The number of para-hydroxylation sites is 1. The molecular weight excluding hydrogens is 1650 g/mol. The predicted octanol–water partition coefficient (Wildman–Crippen LogP) is -12.6. The number of primary amides is 2. The van der Waals surface area contributed by atoms with Crippen molar-refractivity contribution in [2.75, 3.05) is 63.1 Å². The summed E-state index contributed by atoms with van der Waals surface area (Å²) in [6, 6.07) is -13.2. The van der Waals surface area contributed by atoms with E-state index in [0.717, 1.165) is 11.8 Å². The highest BCUT2D eigenvalue weighted by atomic mass is 32.1. The van der Waals surface area contributed by atoms with Crippen LogP contribution in [0.2, 0.25) is 0 Å². The smallest absolute Gasteiger partial charge is 0.303 e. The molecule has 1 aromatic heterocycles. The minimum absolute atomic E-state index is 0.0226. The summed E-state index contributed by atoms with van der Waals surface area (Å²) in [5.41, 5.74) is 39.4. The lowest BCUT2D eigenvalue weighted by atomic mass is 10.0. The van der Waals surface area contributed by atoms with Crippen molar-refractivity contribution in [2.45, 2.75) is 190 Å². The Morgan fingerprint density at radius 1 is 0.479 bits per heavy atom. The number of aromatic amines is 1. The third kappa shape index (κ3) is 36.3. The highest BCUT2D eigenvalue weighted by molar-refractivity contribution is 7.80. The lowest BCUT2D eigenvalue weighted by Gasteiger charge is -2.32. The van der Waals surface area contributed by atoms with Gasteiger partial charge in [0.15, 0.2) is 11.9 Å². The van der Waals surface area contributed by atoms with Gasteiger partial charge < -0.3 is 145 Å². The molecule has 2 aromatic rings. The van der Waals surface area contributed by atoms with Crippen LogP contribution in [0.15, 0.2) is 40.4 Å². The number of hydrogen-bond acceptors (Lipinski definition) is 27. The lowest BCUT2D eigenvalue weighted by molar-refractivity contribution is -0.144. The molecule has 0 aliphatic carbocycles. The number of guanidine groups is 2. The molecule has 1 aliphatic rings. The van der Waals surface area contributed by atoms with Crippen LogP contribution in [0.25, 0.3) is 10.9 Å². The Morgan fingerprint density at radius 3 is 1.42 bits per heavy atom. The Hall–Kier alpha value is -11.8. The number of aliphatic carboxylic acids is 1. The number of benzene rings is 1. The van der Waals surface area contributed by atoms with Crippen molar-refractivity contribution in [3.8, 4) is 0 Å². The zero-order valence-corrected chi connectivity index (χ0v) is 69.8. The monoisotopic (exact) mass is 1760 g/mol. The molecule has 18 amide bonds. The third-order valence-electron chi connectivity index (χ3n) is 18.0. The van der Waals surface area contributed by atoms with Gasteiger partial charge in [-0.25, -0.2) is 0 Å². The van der Waals surface area contributed by atoms with Crippen molar-refractivity contribution >= 4 is 173 Å². The number of amides is 18. The Kier molecular flexibility index (Phi) is 44.6. The molecule has 0 saturated carbocycles. The molecule has 1 fully saturated rings. The quantitative estimate of drug-likeness (QED) is 0.0127. The number of aliphatic imine (C=N–C) groups is 2. The van der Waals surface area contributed by atoms with E-state index in [1.807, 2.05) is 0 Å². The lowest BCUT2D eigenvalue weighted by Crippen LogP contribution is -2.62. The van der Waals surface area contributed by atoms with E-state index >= 15 is 0 Å². The van der Waals surface area contributed by atoms with E-state index in [-0.39, 0.29) is 88.0 Å². The van der Waals surface area contributed by atoms with Crippen LogP contribution in [0.4, 0.5) is 0 Å². The standard InChI is InChI=1S/C70H112N26O22S3/c1-31(2)53(67(117)89-42(22-47(72)99)62(112)88-41(21-35-23-80-37-12-7-6-11-36(35)37)63(113)95-55(34(5)98)68(118)96-20-10-15-46(96)65(115)92-44(29-120)58(108)81-24-48(73)100)94-61(111)39(14-9-19-79-70(76)77)87-64(114)45(30-121)91-60(110)38(13-8-18-78-69(74)75)85-49(101)25-82-57(107)40(16-17-52(104)105)86-50(102)26-84-66(116)54(33(4)97)93-51(103)27-83-59(109)43(28-119)90-56(106)32(3)71/h6-7,11-12,23,31-34,38-46,53-55,80,97-98,119-121H,8-10,13-22,24-30,71H2,1-5H3,(H2,72,99)(H2,73,100)(H,81,108)(H,82,107)(H,83,109)(H,84,116)(H,85,101)(H,86,102)(H,87,114)(H,88,112)(H,89,117)(H,90,106)(H,91,110)(H,92,115)(H,93,103)(H,94,111)(H,95,113)(H,104,105)(H4,74,75,78)(H4,76,77,79)/t32-,33+,34-,38+,39+,40+,41+,42+,43+,44+,45+,46+,53+,54+,55+/m1/s1. The van der Waals surface area contributed by atoms with Crippen LogP contribution in [0, 0.1) is 5.92 Å². The van der Waals surface area contributed by atoms with Crippen molar-refractivity contribution in [3.05, 3.63) is 36.0 Å². The molecule has 0 radical (unpaired) electrons. The van der Waals surface area contributed by atoms with Crippen molar-refractivity contribution in [3.63, 3.8) is 0 Å². The van der Waals surface area contributed by atoms with E-state index in [0.29, 0.717) is 16.5 Å². The molecule has 121 heavy (non-hydrogen) atoms. The number of nitrogens with one attached hydrogen (secondary N) is 16. The average Bonchev–Trinajstić information content (AvgIpc) is 1.81. The van der Waals surface area contributed by atoms with E-state index in [4.69, 9.17) is 40.1 Å². The summed E-state index contributed by atoms with van der Waals surface area (Å²) in [6.45, 7) is 3.09. The van der Waals surface area contributed by atoms with Gasteiger partial charge in [-0.1, -0.05) is 32.0 Å². The van der Waals surface area contributed by atoms with Gasteiger partial charge in [0.05, 0.1) is 50.8 Å².